The Balaban J connectivity index is 2.32. The highest BCUT2D eigenvalue weighted by Gasteiger charge is 2.27. The Morgan fingerprint density at radius 2 is 1.63 bits per heavy atom. The molecule has 0 spiro atoms. The lowest BCUT2D eigenvalue weighted by atomic mass is 9.85. The smallest absolute Gasteiger partial charge is 0.0934 e. The van der Waals surface area contributed by atoms with Crippen molar-refractivity contribution >= 4 is 31.9 Å². The Morgan fingerprint density at radius 3 is 2.21 bits per heavy atom. The van der Waals surface area contributed by atoms with Crippen LogP contribution in [0.25, 0.3) is 0 Å². The van der Waals surface area contributed by atoms with Gasteiger partial charge in [0.25, 0.3) is 0 Å². The highest BCUT2D eigenvalue weighted by Crippen LogP contribution is 2.31. The van der Waals surface area contributed by atoms with Gasteiger partial charge in [-0.05, 0) is 41.8 Å². The summed E-state index contributed by atoms with van der Waals surface area (Å²) in [5, 5.41) is 10.9. The van der Waals surface area contributed by atoms with Crippen LogP contribution in [0.15, 0.2) is 57.5 Å². The number of benzene rings is 2. The third-order valence-corrected chi connectivity index (χ3v) is 4.32. The third kappa shape index (κ3) is 3.68. The summed E-state index contributed by atoms with van der Waals surface area (Å²) in [6.45, 7) is 2.01. The van der Waals surface area contributed by atoms with Crippen LogP contribution in [0, 0.1) is 0 Å². The molecule has 0 aliphatic carbocycles. The molecule has 2 rings (SSSR count). The van der Waals surface area contributed by atoms with Crippen molar-refractivity contribution in [2.45, 2.75) is 25.4 Å². The topological polar surface area (TPSA) is 20.2 Å². The number of halogens is 2. The van der Waals surface area contributed by atoms with E-state index in [-0.39, 0.29) is 0 Å². The number of rotatable bonds is 4. The minimum absolute atomic E-state index is 0.611. The summed E-state index contributed by atoms with van der Waals surface area (Å²) in [6.07, 6.45) is 1.29. The van der Waals surface area contributed by atoms with Crippen molar-refractivity contribution in [1.29, 1.82) is 0 Å². The Kier molecular flexibility index (Phi) is 4.82. The van der Waals surface area contributed by atoms with Crippen LogP contribution < -0.4 is 0 Å². The van der Waals surface area contributed by atoms with Crippen molar-refractivity contribution in [3.63, 3.8) is 0 Å². The molecule has 3 heteroatoms. The van der Waals surface area contributed by atoms with Crippen molar-refractivity contribution < 1.29 is 5.11 Å². The van der Waals surface area contributed by atoms with E-state index >= 15 is 0 Å². The van der Waals surface area contributed by atoms with E-state index in [1.165, 1.54) is 0 Å². The minimum atomic E-state index is -0.829. The molecular weight excluding hydrogens is 368 g/mol. The molecule has 1 unspecified atom stereocenters. The van der Waals surface area contributed by atoms with Gasteiger partial charge in [0, 0.05) is 15.4 Å². The molecule has 0 amide bonds. The summed E-state index contributed by atoms with van der Waals surface area (Å²) in [5.41, 5.74) is 1.24. The van der Waals surface area contributed by atoms with E-state index in [0.717, 1.165) is 20.1 Å². The van der Waals surface area contributed by atoms with Crippen LogP contribution in [-0.2, 0) is 12.0 Å². The van der Waals surface area contributed by atoms with Gasteiger partial charge in [-0.15, -0.1) is 0 Å². The summed E-state index contributed by atoms with van der Waals surface area (Å²) in [4.78, 5) is 0. The van der Waals surface area contributed by atoms with Gasteiger partial charge in [-0.2, -0.15) is 0 Å². The van der Waals surface area contributed by atoms with Gasteiger partial charge in [0.15, 0.2) is 0 Å². The first kappa shape index (κ1) is 14.8. The second-order valence-corrected chi connectivity index (χ2v) is 6.53. The van der Waals surface area contributed by atoms with Crippen LogP contribution in [0.2, 0.25) is 0 Å². The fourth-order valence-electron chi connectivity index (χ4n) is 2.19. The van der Waals surface area contributed by atoms with Gasteiger partial charge >= 0.3 is 0 Å². The highest BCUT2D eigenvalue weighted by atomic mass is 79.9. The van der Waals surface area contributed by atoms with Gasteiger partial charge in [-0.3, -0.25) is 0 Å². The third-order valence-electron chi connectivity index (χ3n) is 3.33. The molecule has 19 heavy (non-hydrogen) atoms. The van der Waals surface area contributed by atoms with E-state index in [0.29, 0.717) is 12.8 Å². The molecule has 0 bridgehead atoms. The van der Waals surface area contributed by atoms with Crippen LogP contribution in [-0.4, -0.2) is 5.11 Å². The average Bonchev–Trinajstić information content (AvgIpc) is 2.38. The molecule has 0 aliphatic heterocycles. The molecule has 2 aromatic carbocycles. The largest absolute Gasteiger partial charge is 0.385 e. The SMILES string of the molecule is CCC(O)(Cc1cccc(Br)c1)c1cccc(Br)c1. The van der Waals surface area contributed by atoms with Gasteiger partial charge in [0.1, 0.15) is 0 Å². The second-order valence-electron chi connectivity index (χ2n) is 4.70. The molecule has 1 atom stereocenters. The van der Waals surface area contributed by atoms with E-state index < -0.39 is 5.60 Å². The molecular formula is C16H16Br2O. The maximum Gasteiger partial charge on any atom is 0.0934 e. The number of aliphatic hydroxyl groups is 1. The highest BCUT2D eigenvalue weighted by molar-refractivity contribution is 9.10. The van der Waals surface area contributed by atoms with E-state index in [2.05, 4.69) is 37.9 Å². The van der Waals surface area contributed by atoms with Crippen LogP contribution in [0.1, 0.15) is 24.5 Å². The van der Waals surface area contributed by atoms with Gasteiger partial charge in [-0.25, -0.2) is 0 Å². The Bertz CT molecular complexity index is 568. The van der Waals surface area contributed by atoms with Gasteiger partial charge in [-0.1, -0.05) is 63.0 Å². The zero-order chi connectivity index (χ0) is 13.9. The molecule has 0 aliphatic rings. The Labute approximate surface area is 130 Å². The lowest BCUT2D eigenvalue weighted by Gasteiger charge is -2.28. The first-order valence-electron chi connectivity index (χ1n) is 6.26. The first-order valence-corrected chi connectivity index (χ1v) is 7.85. The molecule has 0 radical (unpaired) electrons. The molecule has 0 heterocycles. The molecule has 100 valence electrons. The van der Waals surface area contributed by atoms with Gasteiger partial charge < -0.3 is 5.11 Å². The van der Waals surface area contributed by atoms with Gasteiger partial charge in [0.05, 0.1) is 5.60 Å². The second kappa shape index (κ2) is 6.21. The summed E-state index contributed by atoms with van der Waals surface area (Å²) in [6, 6.07) is 16.0. The van der Waals surface area contributed by atoms with Crippen LogP contribution in [0.3, 0.4) is 0 Å². The molecule has 0 fully saturated rings. The van der Waals surface area contributed by atoms with E-state index in [1.807, 2.05) is 49.4 Å². The predicted molar refractivity (Wildman–Crippen MR) is 86.2 cm³/mol. The molecule has 0 saturated carbocycles. The van der Waals surface area contributed by atoms with Gasteiger partial charge in [0.2, 0.25) is 0 Å². The Morgan fingerprint density at radius 1 is 1.00 bits per heavy atom. The lowest BCUT2D eigenvalue weighted by Crippen LogP contribution is -2.27. The zero-order valence-electron chi connectivity index (χ0n) is 10.7. The zero-order valence-corrected chi connectivity index (χ0v) is 13.9. The maximum absolute atomic E-state index is 10.9. The molecule has 2 aromatic rings. The lowest BCUT2D eigenvalue weighted by molar-refractivity contribution is 0.0326. The number of hydrogen-bond donors (Lipinski definition) is 1. The van der Waals surface area contributed by atoms with Crippen LogP contribution >= 0.6 is 31.9 Å². The summed E-state index contributed by atoms with van der Waals surface area (Å²) >= 11 is 6.93. The quantitative estimate of drug-likeness (QED) is 0.782. The Hall–Kier alpha value is -0.640. The summed E-state index contributed by atoms with van der Waals surface area (Å²) in [7, 11) is 0. The predicted octanol–water partition coefficient (Wildman–Crippen LogP) is 5.05. The average molecular weight is 384 g/mol. The van der Waals surface area contributed by atoms with E-state index in [1.54, 1.807) is 0 Å². The monoisotopic (exact) mass is 382 g/mol. The summed E-state index contributed by atoms with van der Waals surface area (Å²) in [5.74, 6) is 0. The van der Waals surface area contributed by atoms with Crippen molar-refractivity contribution in [2.24, 2.45) is 0 Å². The standard InChI is InChI=1S/C16H16Br2O/c1-2-16(19,13-6-4-8-15(18)10-13)11-12-5-3-7-14(17)9-12/h3-10,19H,2,11H2,1H3. The maximum atomic E-state index is 10.9. The fourth-order valence-corrected chi connectivity index (χ4v) is 3.04. The molecule has 1 nitrogen and oxygen atoms in total. The van der Waals surface area contributed by atoms with E-state index in [9.17, 15) is 5.11 Å². The van der Waals surface area contributed by atoms with Crippen LogP contribution in [0.4, 0.5) is 0 Å². The van der Waals surface area contributed by atoms with Crippen molar-refractivity contribution in [3.05, 3.63) is 68.6 Å². The molecule has 1 N–H and O–H groups in total. The fraction of sp³-hybridized carbons (Fsp3) is 0.250. The molecule has 0 aromatic heterocycles. The van der Waals surface area contributed by atoms with Crippen molar-refractivity contribution in [1.82, 2.24) is 0 Å². The normalized spacial score (nSPS) is 14.1. The number of hydrogen-bond acceptors (Lipinski definition) is 1. The minimum Gasteiger partial charge on any atom is -0.385 e. The van der Waals surface area contributed by atoms with Crippen molar-refractivity contribution in [2.75, 3.05) is 0 Å². The van der Waals surface area contributed by atoms with Crippen LogP contribution in [0.5, 0.6) is 0 Å². The first-order chi connectivity index (χ1) is 9.03. The summed E-state index contributed by atoms with van der Waals surface area (Å²) < 4.78 is 2.03. The van der Waals surface area contributed by atoms with Crippen molar-refractivity contribution in [3.8, 4) is 0 Å². The van der Waals surface area contributed by atoms with E-state index in [4.69, 9.17) is 0 Å². The molecule has 0 saturated heterocycles.